The van der Waals surface area contributed by atoms with Gasteiger partial charge in [-0.25, -0.2) is 4.98 Å². The van der Waals surface area contributed by atoms with Crippen LogP contribution in [0.25, 0.3) is 0 Å². The van der Waals surface area contributed by atoms with Gasteiger partial charge in [0.2, 0.25) is 11.9 Å². The van der Waals surface area contributed by atoms with Crippen molar-refractivity contribution in [1.29, 1.82) is 0 Å². The number of hydrogen-bond acceptors (Lipinski definition) is 5. The molecule has 1 amide bonds. The second kappa shape index (κ2) is 6.95. The van der Waals surface area contributed by atoms with Crippen LogP contribution in [0.3, 0.4) is 0 Å². The fraction of sp³-hybridized carbons (Fsp3) is 0.722. The van der Waals surface area contributed by atoms with Crippen LogP contribution in [0.2, 0.25) is 0 Å². The summed E-state index contributed by atoms with van der Waals surface area (Å²) in [5, 5.41) is 0. The number of rotatable bonds is 4. The summed E-state index contributed by atoms with van der Waals surface area (Å²) in [5.74, 6) is 2.18. The van der Waals surface area contributed by atoms with Gasteiger partial charge in [-0.2, -0.15) is 4.98 Å². The minimum Gasteiger partial charge on any atom is -0.368 e. The molecule has 2 saturated heterocycles. The molecule has 0 aliphatic carbocycles. The molecule has 1 atom stereocenters. The maximum Gasteiger partial charge on any atom is 0.222 e. The van der Waals surface area contributed by atoms with E-state index in [2.05, 4.69) is 33.6 Å². The summed E-state index contributed by atoms with van der Waals surface area (Å²) in [6.07, 6.45) is 6.79. The van der Waals surface area contributed by atoms with Gasteiger partial charge < -0.3 is 15.5 Å². The van der Waals surface area contributed by atoms with Crippen molar-refractivity contribution >= 4 is 17.7 Å². The summed E-state index contributed by atoms with van der Waals surface area (Å²) in [6, 6.07) is 1.93. The van der Waals surface area contributed by atoms with E-state index in [0.717, 1.165) is 51.3 Å². The number of hydrogen-bond donors (Lipinski definition) is 1. The van der Waals surface area contributed by atoms with Crippen molar-refractivity contribution in [1.82, 2.24) is 14.9 Å². The Morgan fingerprint density at radius 3 is 2.92 bits per heavy atom. The van der Waals surface area contributed by atoms with Gasteiger partial charge in [-0.3, -0.25) is 4.79 Å². The molecule has 2 N–H and O–H groups in total. The van der Waals surface area contributed by atoms with Crippen molar-refractivity contribution in [2.45, 2.75) is 46.0 Å². The third-order valence-corrected chi connectivity index (χ3v) is 5.37. The van der Waals surface area contributed by atoms with Gasteiger partial charge in [0.1, 0.15) is 5.82 Å². The van der Waals surface area contributed by atoms with Gasteiger partial charge in [-0.05, 0) is 37.7 Å². The van der Waals surface area contributed by atoms with Crippen molar-refractivity contribution < 1.29 is 4.79 Å². The van der Waals surface area contributed by atoms with Crippen molar-refractivity contribution in [3.63, 3.8) is 0 Å². The smallest absolute Gasteiger partial charge is 0.222 e. The average molecular weight is 331 g/mol. The summed E-state index contributed by atoms with van der Waals surface area (Å²) < 4.78 is 0. The zero-order chi connectivity index (χ0) is 17.2. The van der Waals surface area contributed by atoms with Crippen molar-refractivity contribution in [3.8, 4) is 0 Å². The Morgan fingerprint density at radius 2 is 2.17 bits per heavy atom. The number of nitrogen functional groups attached to an aromatic ring is 1. The number of likely N-dealkylation sites (tertiary alicyclic amines) is 1. The molecule has 2 aliphatic rings. The molecule has 132 valence electrons. The highest BCUT2D eigenvalue weighted by molar-refractivity contribution is 5.77. The van der Waals surface area contributed by atoms with Gasteiger partial charge in [0, 0.05) is 44.2 Å². The Bertz CT molecular complexity index is 591. The summed E-state index contributed by atoms with van der Waals surface area (Å²) in [4.78, 5) is 25.1. The Morgan fingerprint density at radius 1 is 1.33 bits per heavy atom. The minimum absolute atomic E-state index is 0.197. The lowest BCUT2D eigenvalue weighted by Gasteiger charge is -2.48. The Balaban J connectivity index is 1.71. The van der Waals surface area contributed by atoms with E-state index in [1.165, 1.54) is 6.42 Å². The average Bonchev–Trinajstić information content (AvgIpc) is 2.56. The first-order chi connectivity index (χ1) is 11.5. The number of aromatic nitrogens is 2. The number of nitrogens with two attached hydrogens (primary N) is 1. The number of carbonyl (C=O) groups excluding carboxylic acids is 1. The van der Waals surface area contributed by atoms with Crippen LogP contribution in [0.1, 0.15) is 46.0 Å². The largest absolute Gasteiger partial charge is 0.368 e. The molecule has 6 heteroatoms. The van der Waals surface area contributed by atoms with Crippen LogP contribution in [-0.2, 0) is 4.79 Å². The summed E-state index contributed by atoms with van der Waals surface area (Å²) >= 11 is 0. The maximum atomic E-state index is 12.3. The van der Waals surface area contributed by atoms with E-state index in [1.807, 2.05) is 6.07 Å². The lowest BCUT2D eigenvalue weighted by atomic mass is 9.73. The zero-order valence-corrected chi connectivity index (χ0v) is 14.9. The highest BCUT2D eigenvalue weighted by atomic mass is 16.2. The first-order valence-electron chi connectivity index (χ1n) is 9.09. The SMILES string of the molecule is CC(C)CCN1CC2(CCCN(c3ccnc(N)n3)C2)CCC1=O. The van der Waals surface area contributed by atoms with Crippen molar-refractivity contribution in [3.05, 3.63) is 12.3 Å². The molecule has 24 heavy (non-hydrogen) atoms. The first-order valence-corrected chi connectivity index (χ1v) is 9.09. The van der Waals surface area contributed by atoms with Crippen LogP contribution < -0.4 is 10.6 Å². The van der Waals surface area contributed by atoms with Gasteiger partial charge in [0.25, 0.3) is 0 Å². The van der Waals surface area contributed by atoms with E-state index in [4.69, 9.17) is 5.73 Å². The number of nitrogens with zero attached hydrogens (tertiary/aromatic N) is 4. The molecule has 3 heterocycles. The van der Waals surface area contributed by atoms with E-state index in [1.54, 1.807) is 6.20 Å². The Kier molecular flexibility index (Phi) is 4.92. The maximum absolute atomic E-state index is 12.3. The lowest BCUT2D eigenvalue weighted by Crippen LogP contribution is -2.54. The predicted molar refractivity (Wildman–Crippen MR) is 95.6 cm³/mol. The van der Waals surface area contributed by atoms with Gasteiger partial charge in [-0.1, -0.05) is 13.8 Å². The predicted octanol–water partition coefficient (Wildman–Crippen LogP) is 2.31. The molecule has 1 aromatic heterocycles. The standard InChI is InChI=1S/C18H29N5O/c1-14(2)6-11-23-13-18(8-4-16(23)24)7-3-10-22(12-18)15-5-9-20-17(19)21-15/h5,9,14H,3-4,6-8,10-13H2,1-2H3,(H2,19,20,21). The lowest BCUT2D eigenvalue weighted by molar-refractivity contribution is -0.138. The molecule has 0 saturated carbocycles. The van der Waals surface area contributed by atoms with Crippen LogP contribution in [0, 0.1) is 11.3 Å². The molecule has 0 bridgehead atoms. The van der Waals surface area contributed by atoms with Crippen LogP contribution >= 0.6 is 0 Å². The molecule has 3 rings (SSSR count). The fourth-order valence-electron chi connectivity index (χ4n) is 4.00. The van der Waals surface area contributed by atoms with Crippen molar-refractivity contribution in [2.75, 3.05) is 36.8 Å². The molecule has 2 aliphatic heterocycles. The minimum atomic E-state index is 0.197. The normalized spacial score (nSPS) is 24.9. The van der Waals surface area contributed by atoms with E-state index in [0.29, 0.717) is 24.2 Å². The van der Waals surface area contributed by atoms with Crippen LogP contribution in [-0.4, -0.2) is 47.0 Å². The van der Waals surface area contributed by atoms with Gasteiger partial charge in [0.15, 0.2) is 0 Å². The second-order valence-corrected chi connectivity index (χ2v) is 7.80. The molecule has 1 spiro atoms. The summed E-state index contributed by atoms with van der Waals surface area (Å²) in [7, 11) is 0. The van der Waals surface area contributed by atoms with E-state index in [-0.39, 0.29) is 5.41 Å². The monoisotopic (exact) mass is 331 g/mol. The summed E-state index contributed by atoms with van der Waals surface area (Å²) in [5.41, 5.74) is 5.94. The molecule has 0 radical (unpaired) electrons. The molecular formula is C18H29N5O. The Labute approximate surface area is 144 Å². The quantitative estimate of drug-likeness (QED) is 0.916. The fourth-order valence-corrected chi connectivity index (χ4v) is 4.00. The molecular weight excluding hydrogens is 302 g/mol. The van der Waals surface area contributed by atoms with Gasteiger partial charge >= 0.3 is 0 Å². The van der Waals surface area contributed by atoms with Crippen LogP contribution in [0.4, 0.5) is 11.8 Å². The molecule has 2 fully saturated rings. The van der Waals surface area contributed by atoms with E-state index < -0.39 is 0 Å². The van der Waals surface area contributed by atoms with Gasteiger partial charge in [-0.15, -0.1) is 0 Å². The summed E-state index contributed by atoms with van der Waals surface area (Å²) in [6.45, 7) is 8.15. The molecule has 1 aromatic rings. The first kappa shape index (κ1) is 17.0. The highest BCUT2D eigenvalue weighted by Gasteiger charge is 2.41. The molecule has 6 nitrogen and oxygen atoms in total. The van der Waals surface area contributed by atoms with E-state index in [9.17, 15) is 4.79 Å². The number of anilines is 2. The second-order valence-electron chi connectivity index (χ2n) is 7.80. The third-order valence-electron chi connectivity index (χ3n) is 5.37. The zero-order valence-electron chi connectivity index (χ0n) is 14.9. The van der Waals surface area contributed by atoms with Gasteiger partial charge in [0.05, 0.1) is 0 Å². The van der Waals surface area contributed by atoms with E-state index >= 15 is 0 Å². The molecule has 0 aromatic carbocycles. The number of amides is 1. The topological polar surface area (TPSA) is 75.3 Å². The number of carbonyl (C=O) groups is 1. The van der Waals surface area contributed by atoms with Crippen LogP contribution in [0.15, 0.2) is 12.3 Å². The Hall–Kier alpha value is -1.85. The van der Waals surface area contributed by atoms with Crippen LogP contribution in [0.5, 0.6) is 0 Å². The third kappa shape index (κ3) is 3.79. The number of piperidine rings is 2. The highest BCUT2D eigenvalue weighted by Crippen LogP contribution is 2.40. The molecule has 1 unspecified atom stereocenters. The van der Waals surface area contributed by atoms with Crippen molar-refractivity contribution in [2.24, 2.45) is 11.3 Å².